The van der Waals surface area contributed by atoms with Gasteiger partial charge in [0.2, 0.25) is 15.9 Å². The van der Waals surface area contributed by atoms with Gasteiger partial charge in [0.25, 0.3) is 0 Å². The zero-order valence-corrected chi connectivity index (χ0v) is 15.8. The fourth-order valence-electron chi connectivity index (χ4n) is 3.24. The minimum atomic E-state index is -3.47. The summed E-state index contributed by atoms with van der Waals surface area (Å²) >= 11 is 0. The molecule has 0 unspecified atom stereocenters. The normalized spacial score (nSPS) is 22.5. The molecule has 6 heteroatoms. The number of nitrogens with zero attached hydrogens (tertiary/aromatic N) is 1. The van der Waals surface area contributed by atoms with Gasteiger partial charge in [0.05, 0.1) is 4.90 Å². The predicted molar refractivity (Wildman–Crippen MR) is 96.2 cm³/mol. The Morgan fingerprint density at radius 3 is 2.21 bits per heavy atom. The van der Waals surface area contributed by atoms with Gasteiger partial charge in [-0.1, -0.05) is 27.7 Å². The van der Waals surface area contributed by atoms with Crippen molar-refractivity contribution >= 4 is 21.6 Å². The minimum Gasteiger partial charge on any atom is -0.326 e. The molecular formula is C18H28N2O3S. The number of anilines is 1. The van der Waals surface area contributed by atoms with E-state index in [9.17, 15) is 13.2 Å². The average molecular weight is 353 g/mol. The lowest BCUT2D eigenvalue weighted by atomic mass is 9.94. The maximum absolute atomic E-state index is 12.8. The smallest absolute Gasteiger partial charge is 0.243 e. The van der Waals surface area contributed by atoms with Gasteiger partial charge < -0.3 is 5.32 Å². The Morgan fingerprint density at radius 1 is 1.17 bits per heavy atom. The number of benzene rings is 1. The number of hydrogen-bond donors (Lipinski definition) is 1. The van der Waals surface area contributed by atoms with E-state index in [-0.39, 0.29) is 16.7 Å². The zero-order valence-electron chi connectivity index (χ0n) is 15.0. The van der Waals surface area contributed by atoms with Crippen LogP contribution in [0.25, 0.3) is 0 Å². The Morgan fingerprint density at radius 2 is 1.71 bits per heavy atom. The highest BCUT2D eigenvalue weighted by Crippen LogP contribution is 2.27. The molecule has 2 rings (SSSR count). The predicted octanol–water partition coefficient (Wildman–Crippen LogP) is 3.34. The van der Waals surface area contributed by atoms with Crippen LogP contribution in [0.3, 0.4) is 0 Å². The summed E-state index contributed by atoms with van der Waals surface area (Å²) in [4.78, 5) is 12.1. The van der Waals surface area contributed by atoms with Gasteiger partial charge in [0, 0.05) is 25.2 Å². The number of nitrogens with one attached hydrogen (secondary N) is 1. The van der Waals surface area contributed by atoms with Gasteiger partial charge in [-0.2, -0.15) is 4.31 Å². The van der Waals surface area contributed by atoms with Gasteiger partial charge in [-0.05, 0) is 48.4 Å². The third-order valence-corrected chi connectivity index (χ3v) is 6.05. The Balaban J connectivity index is 2.10. The van der Waals surface area contributed by atoms with Crippen molar-refractivity contribution in [2.45, 2.75) is 45.4 Å². The summed E-state index contributed by atoms with van der Waals surface area (Å²) < 4.78 is 27.2. The van der Waals surface area contributed by atoms with Crippen molar-refractivity contribution in [3.8, 4) is 0 Å². The molecule has 2 atom stereocenters. The number of hydrogen-bond acceptors (Lipinski definition) is 3. The fourth-order valence-corrected chi connectivity index (χ4v) is 4.92. The average Bonchev–Trinajstić information content (AvgIpc) is 2.45. The van der Waals surface area contributed by atoms with Gasteiger partial charge in [0.15, 0.2) is 0 Å². The molecule has 1 saturated heterocycles. The van der Waals surface area contributed by atoms with Crippen LogP contribution in [0.15, 0.2) is 29.2 Å². The van der Waals surface area contributed by atoms with Crippen LogP contribution >= 0.6 is 0 Å². The van der Waals surface area contributed by atoms with Gasteiger partial charge in [-0.3, -0.25) is 4.79 Å². The first kappa shape index (κ1) is 18.9. The van der Waals surface area contributed by atoms with Crippen LogP contribution in [0.2, 0.25) is 0 Å². The monoisotopic (exact) mass is 352 g/mol. The first-order valence-electron chi connectivity index (χ1n) is 8.58. The Bertz CT molecular complexity index is 658. The molecule has 1 aliphatic rings. The number of piperidine rings is 1. The highest BCUT2D eigenvalue weighted by Gasteiger charge is 2.31. The lowest BCUT2D eigenvalue weighted by molar-refractivity contribution is -0.116. The van der Waals surface area contributed by atoms with Crippen LogP contribution in [0.1, 0.15) is 40.5 Å². The Kier molecular flexibility index (Phi) is 6.04. The van der Waals surface area contributed by atoms with Crippen molar-refractivity contribution < 1.29 is 13.2 Å². The van der Waals surface area contributed by atoms with Gasteiger partial charge in [-0.25, -0.2) is 8.42 Å². The second kappa shape index (κ2) is 7.66. The van der Waals surface area contributed by atoms with Gasteiger partial charge in [-0.15, -0.1) is 0 Å². The lowest BCUT2D eigenvalue weighted by Crippen LogP contribution is -2.42. The summed E-state index contributed by atoms with van der Waals surface area (Å²) in [5, 5.41) is 2.80. The molecule has 24 heavy (non-hydrogen) atoms. The summed E-state index contributed by atoms with van der Waals surface area (Å²) in [6.45, 7) is 9.28. The van der Waals surface area contributed by atoms with Crippen LogP contribution in [0.4, 0.5) is 5.69 Å². The molecular weight excluding hydrogens is 324 g/mol. The fraction of sp³-hybridized carbons (Fsp3) is 0.611. The third kappa shape index (κ3) is 4.80. The van der Waals surface area contributed by atoms with E-state index in [1.807, 2.05) is 13.8 Å². The largest absolute Gasteiger partial charge is 0.326 e. The van der Waals surface area contributed by atoms with Gasteiger partial charge in [0.1, 0.15) is 0 Å². The first-order valence-corrected chi connectivity index (χ1v) is 10.0. The molecule has 0 bridgehead atoms. The van der Waals surface area contributed by atoms with E-state index in [1.165, 1.54) is 0 Å². The number of rotatable bonds is 5. The molecule has 1 amide bonds. The van der Waals surface area contributed by atoms with Gasteiger partial charge >= 0.3 is 0 Å². The quantitative estimate of drug-likeness (QED) is 0.884. The minimum absolute atomic E-state index is 0.0562. The maximum atomic E-state index is 12.8. The molecule has 1 aromatic carbocycles. The van der Waals surface area contributed by atoms with E-state index in [0.717, 1.165) is 6.42 Å². The summed E-state index contributed by atoms with van der Waals surface area (Å²) in [5.41, 5.74) is 0.625. The van der Waals surface area contributed by atoms with E-state index in [2.05, 4.69) is 19.2 Å². The third-order valence-electron chi connectivity index (χ3n) is 4.20. The van der Waals surface area contributed by atoms with Crippen LogP contribution in [-0.2, 0) is 14.8 Å². The van der Waals surface area contributed by atoms with Crippen molar-refractivity contribution in [3.05, 3.63) is 24.3 Å². The topological polar surface area (TPSA) is 66.5 Å². The molecule has 1 aromatic rings. The molecule has 0 spiro atoms. The highest BCUT2D eigenvalue weighted by atomic mass is 32.2. The van der Waals surface area contributed by atoms with Crippen molar-refractivity contribution in [1.29, 1.82) is 0 Å². The lowest BCUT2D eigenvalue weighted by Gasteiger charge is -2.34. The summed E-state index contributed by atoms with van der Waals surface area (Å²) in [5.74, 6) is 0.975. The number of sulfonamides is 1. The number of carbonyl (C=O) groups is 1. The molecule has 134 valence electrons. The van der Waals surface area contributed by atoms with E-state index >= 15 is 0 Å². The second-order valence-corrected chi connectivity index (χ2v) is 9.38. The SMILES string of the molecule is CC(C)CC(=O)Nc1ccc(S(=O)(=O)N2C[C@H](C)C[C@H](C)C2)cc1. The Hall–Kier alpha value is -1.40. The summed E-state index contributed by atoms with van der Waals surface area (Å²) in [6.07, 6.45) is 1.51. The first-order chi connectivity index (χ1) is 11.2. The molecule has 0 radical (unpaired) electrons. The Labute approximate surface area is 145 Å². The molecule has 1 heterocycles. The summed E-state index contributed by atoms with van der Waals surface area (Å²) in [6, 6.07) is 6.46. The van der Waals surface area contributed by atoms with Crippen LogP contribution < -0.4 is 5.32 Å². The van der Waals surface area contributed by atoms with E-state index in [4.69, 9.17) is 0 Å². The molecule has 1 aliphatic heterocycles. The molecule has 1 fully saturated rings. The van der Waals surface area contributed by atoms with Crippen molar-refractivity contribution in [3.63, 3.8) is 0 Å². The second-order valence-electron chi connectivity index (χ2n) is 7.44. The summed E-state index contributed by atoms with van der Waals surface area (Å²) in [7, 11) is -3.47. The molecule has 0 saturated carbocycles. The molecule has 1 N–H and O–H groups in total. The number of carbonyl (C=O) groups excluding carboxylic acids is 1. The highest BCUT2D eigenvalue weighted by molar-refractivity contribution is 7.89. The van der Waals surface area contributed by atoms with Crippen molar-refractivity contribution in [2.75, 3.05) is 18.4 Å². The molecule has 5 nitrogen and oxygen atoms in total. The van der Waals surface area contributed by atoms with E-state index in [0.29, 0.717) is 37.0 Å². The van der Waals surface area contributed by atoms with Crippen LogP contribution in [-0.4, -0.2) is 31.7 Å². The number of amides is 1. The zero-order chi connectivity index (χ0) is 17.9. The van der Waals surface area contributed by atoms with Crippen LogP contribution in [0, 0.1) is 17.8 Å². The van der Waals surface area contributed by atoms with Crippen molar-refractivity contribution in [2.24, 2.45) is 17.8 Å². The van der Waals surface area contributed by atoms with E-state index < -0.39 is 10.0 Å². The van der Waals surface area contributed by atoms with Crippen LogP contribution in [0.5, 0.6) is 0 Å². The molecule has 0 aromatic heterocycles. The van der Waals surface area contributed by atoms with Crippen molar-refractivity contribution in [1.82, 2.24) is 4.31 Å². The van der Waals surface area contributed by atoms with E-state index in [1.54, 1.807) is 28.6 Å². The molecule has 0 aliphatic carbocycles. The standard InChI is InChI=1S/C18H28N2O3S/c1-13(2)9-18(21)19-16-5-7-17(8-6-16)24(22,23)20-11-14(3)10-15(4)12-20/h5-8,13-15H,9-12H2,1-4H3,(H,19,21)/t14-,15+. The maximum Gasteiger partial charge on any atom is 0.243 e.